The molecule has 0 bridgehead atoms. The molecule has 0 saturated heterocycles. The lowest BCUT2D eigenvalue weighted by atomic mass is 10.0. The molecule has 2 amide bonds. The number of carbonyl (C=O) groups is 6. The first-order valence-corrected chi connectivity index (χ1v) is 16.2. The first-order chi connectivity index (χ1) is 22.8. The van der Waals surface area contributed by atoms with Crippen molar-refractivity contribution >= 4 is 57.4 Å². The van der Waals surface area contributed by atoms with Crippen LogP contribution in [0.25, 0.3) is 21.7 Å². The number of benzene rings is 2. The van der Waals surface area contributed by atoms with Crippen molar-refractivity contribution in [3.63, 3.8) is 0 Å². The molecule has 0 aliphatic heterocycles. The SMILES string of the molecule is CC(=O)CN(CCCC(=O)Oc1c2ccccc2c(OC(=O)NCCCCC(=O)OC(C)(C)C)c2cc(C(C)=O)oc12)C(=O)OC(C)(C)C. The Morgan fingerprint density at radius 3 is 1.96 bits per heavy atom. The van der Waals surface area contributed by atoms with Gasteiger partial charge in [-0.1, -0.05) is 24.3 Å². The third-order valence-electron chi connectivity index (χ3n) is 6.73. The van der Waals surface area contributed by atoms with Crippen molar-refractivity contribution in [3.8, 4) is 11.5 Å². The number of ketones is 2. The normalized spacial score (nSPS) is 11.6. The van der Waals surface area contributed by atoms with Crippen LogP contribution < -0.4 is 14.8 Å². The molecule has 0 saturated carbocycles. The average Bonchev–Trinajstić information content (AvgIpc) is 3.42. The summed E-state index contributed by atoms with van der Waals surface area (Å²) in [5.41, 5.74) is -1.30. The number of fused-ring (bicyclic) bond motifs is 2. The summed E-state index contributed by atoms with van der Waals surface area (Å²) in [6, 6.07) is 8.18. The summed E-state index contributed by atoms with van der Waals surface area (Å²) in [6.07, 6.45) is -0.172. The lowest BCUT2D eigenvalue weighted by molar-refractivity contribution is -0.155. The molecule has 3 aromatic rings. The highest BCUT2D eigenvalue weighted by molar-refractivity contribution is 6.12. The van der Waals surface area contributed by atoms with Crippen LogP contribution in [0.1, 0.15) is 98.0 Å². The number of nitrogens with zero attached hydrogens (tertiary/aromatic N) is 1. The smallest absolute Gasteiger partial charge is 0.412 e. The van der Waals surface area contributed by atoms with E-state index in [4.69, 9.17) is 23.4 Å². The number of rotatable bonds is 14. The van der Waals surface area contributed by atoms with Crippen LogP contribution in [0.4, 0.5) is 9.59 Å². The van der Waals surface area contributed by atoms with Crippen LogP contribution in [0.3, 0.4) is 0 Å². The maximum Gasteiger partial charge on any atom is 0.412 e. The molecule has 0 atom stereocenters. The molecule has 0 radical (unpaired) electrons. The van der Waals surface area contributed by atoms with Crippen LogP contribution >= 0.6 is 0 Å². The van der Waals surface area contributed by atoms with E-state index in [9.17, 15) is 28.8 Å². The van der Waals surface area contributed by atoms with Gasteiger partial charge in [0, 0.05) is 43.6 Å². The van der Waals surface area contributed by atoms with E-state index >= 15 is 0 Å². The number of carbonyl (C=O) groups excluding carboxylic acids is 6. The van der Waals surface area contributed by atoms with Crippen molar-refractivity contribution in [2.24, 2.45) is 0 Å². The third kappa shape index (κ3) is 11.9. The molecule has 1 aromatic heterocycles. The summed E-state index contributed by atoms with van der Waals surface area (Å²) in [4.78, 5) is 75.9. The molecular formula is C36H46N2O11. The Morgan fingerprint density at radius 1 is 0.755 bits per heavy atom. The number of unbranched alkanes of at least 4 members (excludes halogenated alkanes) is 1. The van der Waals surface area contributed by atoms with Crippen LogP contribution in [0.15, 0.2) is 34.7 Å². The van der Waals surface area contributed by atoms with E-state index in [2.05, 4.69) is 5.32 Å². The quantitative estimate of drug-likeness (QED) is 0.0813. The second-order valence-corrected chi connectivity index (χ2v) is 13.7. The highest BCUT2D eigenvalue weighted by atomic mass is 16.6. The number of esters is 2. The van der Waals surface area contributed by atoms with Crippen molar-refractivity contribution in [2.75, 3.05) is 19.6 Å². The first-order valence-electron chi connectivity index (χ1n) is 16.2. The number of hydrogen-bond donors (Lipinski definition) is 1. The lowest BCUT2D eigenvalue weighted by Gasteiger charge is -2.26. The standard InChI is InChI=1S/C36H46N2O11/c1-22(39)21-38(34(44)49-36(6,7)8)19-13-17-28(41)46-31-25-15-10-9-14-24(25)30(26-20-27(23(2)40)45-32(26)31)47-33(43)37-18-12-11-16-29(42)48-35(3,4)5/h9-10,14-15,20H,11-13,16-19,21H2,1-8H3,(H,37,43). The minimum absolute atomic E-state index is 0.0318. The summed E-state index contributed by atoms with van der Waals surface area (Å²) in [5.74, 6) is -1.51. The zero-order chi connectivity index (χ0) is 36.5. The zero-order valence-corrected chi connectivity index (χ0v) is 29.5. The largest absolute Gasteiger partial charge is 0.460 e. The summed E-state index contributed by atoms with van der Waals surface area (Å²) < 4.78 is 28.1. The van der Waals surface area contributed by atoms with Gasteiger partial charge in [-0.05, 0) is 73.8 Å². The monoisotopic (exact) mass is 682 g/mol. The predicted octanol–water partition coefficient (Wildman–Crippen LogP) is 6.90. The number of nitrogens with one attached hydrogen (secondary N) is 1. The predicted molar refractivity (Wildman–Crippen MR) is 181 cm³/mol. The van der Waals surface area contributed by atoms with Gasteiger partial charge >= 0.3 is 24.1 Å². The second kappa shape index (κ2) is 16.4. The van der Waals surface area contributed by atoms with Gasteiger partial charge in [0.05, 0.1) is 11.9 Å². The Labute approximate surface area is 285 Å². The fourth-order valence-corrected chi connectivity index (χ4v) is 4.78. The van der Waals surface area contributed by atoms with E-state index in [-0.39, 0.29) is 78.9 Å². The Kier molecular flexibility index (Phi) is 12.9. The maximum atomic E-state index is 13.1. The van der Waals surface area contributed by atoms with Crippen LogP contribution in [0, 0.1) is 0 Å². The van der Waals surface area contributed by atoms with Crippen LogP contribution in [0.5, 0.6) is 11.5 Å². The number of amides is 2. The fourth-order valence-electron chi connectivity index (χ4n) is 4.78. The molecule has 266 valence electrons. The lowest BCUT2D eigenvalue weighted by Crippen LogP contribution is -2.40. The molecular weight excluding hydrogens is 636 g/mol. The first kappa shape index (κ1) is 38.5. The van der Waals surface area contributed by atoms with Gasteiger partial charge in [0.15, 0.2) is 28.6 Å². The van der Waals surface area contributed by atoms with Gasteiger partial charge in [0.2, 0.25) is 0 Å². The van der Waals surface area contributed by atoms with Crippen molar-refractivity contribution in [1.29, 1.82) is 0 Å². The minimum Gasteiger partial charge on any atom is -0.460 e. The van der Waals surface area contributed by atoms with Crippen LogP contribution in [-0.2, 0) is 23.9 Å². The number of Topliss-reactive ketones (excluding diaryl/α,β-unsaturated/α-hetero) is 2. The summed E-state index contributed by atoms with van der Waals surface area (Å²) in [7, 11) is 0. The maximum absolute atomic E-state index is 13.1. The zero-order valence-electron chi connectivity index (χ0n) is 29.5. The third-order valence-corrected chi connectivity index (χ3v) is 6.73. The molecule has 1 heterocycles. The molecule has 0 aliphatic rings. The second-order valence-electron chi connectivity index (χ2n) is 13.7. The van der Waals surface area contributed by atoms with Crippen molar-refractivity contribution in [1.82, 2.24) is 10.2 Å². The van der Waals surface area contributed by atoms with Crippen molar-refractivity contribution in [3.05, 3.63) is 36.1 Å². The van der Waals surface area contributed by atoms with E-state index in [0.717, 1.165) is 0 Å². The molecule has 0 spiro atoms. The molecule has 3 rings (SSSR count). The minimum atomic E-state index is -0.765. The number of hydrogen-bond acceptors (Lipinski definition) is 11. The Morgan fingerprint density at radius 2 is 1.37 bits per heavy atom. The van der Waals surface area contributed by atoms with Gasteiger partial charge in [-0.15, -0.1) is 0 Å². The van der Waals surface area contributed by atoms with Crippen LogP contribution in [0.2, 0.25) is 0 Å². The molecule has 13 nitrogen and oxygen atoms in total. The Balaban J connectivity index is 1.78. The van der Waals surface area contributed by atoms with Gasteiger partial charge in [0.1, 0.15) is 17.0 Å². The van der Waals surface area contributed by atoms with Crippen molar-refractivity contribution < 1.29 is 52.1 Å². The summed E-state index contributed by atoms with van der Waals surface area (Å²) in [5, 5.41) is 3.72. The van der Waals surface area contributed by atoms with Gasteiger partial charge < -0.3 is 33.6 Å². The molecule has 1 N–H and O–H groups in total. The molecule has 0 fully saturated rings. The van der Waals surface area contributed by atoms with Gasteiger partial charge in [-0.2, -0.15) is 0 Å². The van der Waals surface area contributed by atoms with Crippen molar-refractivity contribution in [2.45, 2.75) is 98.7 Å². The number of furan rings is 1. The molecule has 2 aromatic carbocycles. The highest BCUT2D eigenvalue weighted by Gasteiger charge is 2.26. The number of ether oxygens (including phenoxy) is 4. The van der Waals surface area contributed by atoms with Gasteiger partial charge in [0.25, 0.3) is 0 Å². The van der Waals surface area contributed by atoms with Crippen LogP contribution in [-0.4, -0.2) is 71.4 Å². The van der Waals surface area contributed by atoms with Gasteiger partial charge in [-0.25, -0.2) is 9.59 Å². The topological polar surface area (TPSA) is 168 Å². The summed E-state index contributed by atoms with van der Waals surface area (Å²) in [6.45, 7) is 13.3. The van der Waals surface area contributed by atoms with E-state index in [0.29, 0.717) is 23.6 Å². The summed E-state index contributed by atoms with van der Waals surface area (Å²) >= 11 is 0. The van der Waals surface area contributed by atoms with E-state index in [1.54, 1.807) is 65.8 Å². The van der Waals surface area contributed by atoms with E-state index in [1.807, 2.05) is 0 Å². The highest BCUT2D eigenvalue weighted by Crippen LogP contribution is 2.44. The Bertz CT molecular complexity index is 1710. The molecule has 0 unspecified atom stereocenters. The fraction of sp³-hybridized carbons (Fsp3) is 0.500. The molecule has 49 heavy (non-hydrogen) atoms. The molecule has 13 heteroatoms. The Hall–Kier alpha value is -4.94. The average molecular weight is 683 g/mol. The van der Waals surface area contributed by atoms with E-state index < -0.39 is 35.1 Å². The van der Waals surface area contributed by atoms with E-state index in [1.165, 1.54) is 24.8 Å². The molecule has 0 aliphatic carbocycles. The van der Waals surface area contributed by atoms with Gasteiger partial charge in [-0.3, -0.25) is 19.2 Å².